The van der Waals surface area contributed by atoms with Gasteiger partial charge < -0.3 is 9.64 Å². The minimum atomic E-state index is -3.87. The second-order valence-corrected chi connectivity index (χ2v) is 13.9. The fourth-order valence-corrected chi connectivity index (χ4v) is 8.19. The highest BCUT2D eigenvalue weighted by Crippen LogP contribution is 2.45. The number of aryl methyl sites for hydroxylation is 1. The lowest BCUT2D eigenvalue weighted by Crippen LogP contribution is -2.40. The van der Waals surface area contributed by atoms with Crippen molar-refractivity contribution in [3.05, 3.63) is 71.1 Å². The fraction of sp³-hybridized carbons (Fsp3) is 0.429. The third-order valence-corrected chi connectivity index (χ3v) is 10.6. The maximum atomic E-state index is 14.0. The third-order valence-electron chi connectivity index (χ3n) is 6.63. The van der Waals surface area contributed by atoms with Gasteiger partial charge in [0.25, 0.3) is 5.91 Å². The Morgan fingerprint density at radius 3 is 2.45 bits per heavy atom. The molecule has 3 aromatic rings. The third kappa shape index (κ3) is 5.96. The summed E-state index contributed by atoms with van der Waals surface area (Å²) in [7, 11) is -3.87. The molecule has 0 N–H and O–H groups in total. The normalized spacial score (nSPS) is 19.5. The van der Waals surface area contributed by atoms with Crippen LogP contribution in [-0.4, -0.2) is 59.6 Å². The first kappa shape index (κ1) is 27.9. The lowest BCUT2D eigenvalue weighted by Gasteiger charge is -2.31. The summed E-state index contributed by atoms with van der Waals surface area (Å²) in [4.78, 5) is 37.2. The van der Waals surface area contributed by atoms with Gasteiger partial charge in [-0.25, -0.2) is 13.4 Å². The van der Waals surface area contributed by atoms with Crippen LogP contribution in [-0.2, 0) is 30.5 Å². The van der Waals surface area contributed by atoms with E-state index in [0.717, 1.165) is 16.9 Å². The van der Waals surface area contributed by atoms with E-state index in [1.54, 1.807) is 26.8 Å². The smallest absolute Gasteiger partial charge is 0.308 e. The molecule has 1 saturated heterocycles. The highest BCUT2D eigenvalue weighted by atomic mass is 32.2. The van der Waals surface area contributed by atoms with E-state index in [9.17, 15) is 18.0 Å². The van der Waals surface area contributed by atoms with Crippen LogP contribution in [0.1, 0.15) is 61.5 Å². The summed E-state index contributed by atoms with van der Waals surface area (Å²) < 4.78 is 32.1. The van der Waals surface area contributed by atoms with Crippen LogP contribution in [0.15, 0.2) is 55.0 Å². The van der Waals surface area contributed by atoms with Crippen molar-refractivity contribution in [1.29, 1.82) is 0 Å². The molecule has 3 heterocycles. The van der Waals surface area contributed by atoms with Crippen LogP contribution in [0, 0.1) is 0 Å². The Balaban J connectivity index is 1.73. The van der Waals surface area contributed by atoms with Crippen molar-refractivity contribution in [2.75, 3.05) is 18.8 Å². The Kier molecular flexibility index (Phi) is 8.04. The van der Waals surface area contributed by atoms with E-state index < -0.39 is 26.2 Å². The fourth-order valence-electron chi connectivity index (χ4n) is 4.60. The average molecular weight is 556 g/mol. The van der Waals surface area contributed by atoms with Gasteiger partial charge in [-0.1, -0.05) is 31.2 Å². The first-order valence-electron chi connectivity index (χ1n) is 12.6. The summed E-state index contributed by atoms with van der Waals surface area (Å²) in [5.41, 5.74) is 1.59. The number of aromatic nitrogens is 2. The monoisotopic (exact) mass is 555 g/mol. The van der Waals surface area contributed by atoms with Crippen LogP contribution >= 0.6 is 11.3 Å². The van der Waals surface area contributed by atoms with Gasteiger partial charge in [0.2, 0.25) is 0 Å². The Morgan fingerprint density at radius 1 is 1.08 bits per heavy atom. The first-order valence-corrected chi connectivity index (χ1v) is 15.1. The topological polar surface area (TPSA) is 107 Å². The van der Waals surface area contributed by atoms with Gasteiger partial charge >= 0.3 is 5.97 Å². The summed E-state index contributed by atoms with van der Waals surface area (Å²) in [5.74, 6) is -1.25. The molecule has 0 spiro atoms. The molecule has 202 valence electrons. The molecule has 10 heteroatoms. The predicted octanol–water partition coefficient (Wildman–Crippen LogP) is 4.66. The molecule has 2 aromatic heterocycles. The van der Waals surface area contributed by atoms with E-state index in [-0.39, 0.29) is 43.3 Å². The Bertz CT molecular complexity index is 1400. The molecule has 1 atom stereocenters. The molecule has 38 heavy (non-hydrogen) atoms. The number of rotatable bonds is 6. The number of ether oxygens (including phenoxy) is 1. The van der Waals surface area contributed by atoms with Crippen LogP contribution in [0.2, 0.25) is 0 Å². The molecular weight excluding hydrogens is 522 g/mol. The number of hydrogen-bond acceptors (Lipinski definition) is 8. The molecule has 0 bridgehead atoms. The maximum Gasteiger partial charge on any atom is 0.308 e. The molecule has 1 aliphatic heterocycles. The number of esters is 1. The van der Waals surface area contributed by atoms with Gasteiger partial charge in [-0.15, -0.1) is 11.3 Å². The maximum absolute atomic E-state index is 14.0. The van der Waals surface area contributed by atoms with Crippen molar-refractivity contribution in [1.82, 2.24) is 14.9 Å². The summed E-state index contributed by atoms with van der Waals surface area (Å²) in [6.07, 6.45) is 4.93. The number of hydrogen-bond donors (Lipinski definition) is 0. The number of carbonyl (C=O) groups is 2. The van der Waals surface area contributed by atoms with Gasteiger partial charge in [0.05, 0.1) is 18.4 Å². The summed E-state index contributed by atoms with van der Waals surface area (Å²) in [6.45, 7) is 7.51. The number of amides is 1. The van der Waals surface area contributed by atoms with Crippen molar-refractivity contribution in [3.63, 3.8) is 0 Å². The quantitative estimate of drug-likeness (QED) is 0.407. The van der Waals surface area contributed by atoms with E-state index in [1.807, 2.05) is 18.2 Å². The number of thiophene rings is 1. The van der Waals surface area contributed by atoms with E-state index in [2.05, 4.69) is 29.0 Å². The molecule has 1 fully saturated rings. The zero-order chi connectivity index (χ0) is 27.6. The van der Waals surface area contributed by atoms with Gasteiger partial charge in [0.1, 0.15) is 16.0 Å². The standard InChI is InChI=1S/C28H33N3O5S2/c1-5-20-6-8-21(9-7-20)23-10-11-24(37-23)28(18-25(32)36-27(2,3)4)12-15-31(16-17-38(28,34)35)26(33)22-19-29-13-14-30-22/h6-11,13-14,19H,5,12,15-18H2,1-4H3/t28-/m0/s1. The molecule has 0 unspecified atom stereocenters. The molecule has 1 amide bonds. The molecule has 8 nitrogen and oxygen atoms in total. The van der Waals surface area contributed by atoms with Crippen molar-refractivity contribution in [3.8, 4) is 10.4 Å². The molecule has 1 aliphatic rings. The molecular formula is C28H33N3O5S2. The lowest BCUT2D eigenvalue weighted by atomic mass is 9.97. The Morgan fingerprint density at radius 2 is 1.82 bits per heavy atom. The SMILES string of the molecule is CCc1ccc(-c2ccc([C@@]3(CC(=O)OC(C)(C)C)CCN(C(=O)c4cnccn4)CCS3(=O)=O)s2)cc1. The minimum Gasteiger partial charge on any atom is -0.460 e. The zero-order valence-corrected chi connectivity index (χ0v) is 23.8. The van der Waals surface area contributed by atoms with Gasteiger partial charge in [-0.05, 0) is 56.9 Å². The highest BCUT2D eigenvalue weighted by Gasteiger charge is 2.50. The second kappa shape index (κ2) is 10.9. The molecule has 0 radical (unpaired) electrons. The van der Waals surface area contributed by atoms with E-state index in [4.69, 9.17) is 4.74 Å². The number of nitrogens with zero attached hydrogens (tertiary/aromatic N) is 3. The minimum absolute atomic E-state index is 0.00449. The predicted molar refractivity (Wildman–Crippen MR) is 148 cm³/mol. The molecule has 1 aromatic carbocycles. The summed E-state index contributed by atoms with van der Waals surface area (Å²) in [6, 6.07) is 11.9. The van der Waals surface area contributed by atoms with Crippen LogP contribution < -0.4 is 0 Å². The number of carbonyl (C=O) groups excluding carboxylic acids is 2. The Labute approximate surface area is 228 Å². The number of sulfone groups is 1. The van der Waals surface area contributed by atoms with E-state index in [0.29, 0.717) is 4.88 Å². The van der Waals surface area contributed by atoms with Crippen LogP contribution in [0.5, 0.6) is 0 Å². The van der Waals surface area contributed by atoms with Gasteiger partial charge in [-0.3, -0.25) is 14.6 Å². The average Bonchev–Trinajstić information content (AvgIpc) is 3.33. The van der Waals surface area contributed by atoms with Crippen LogP contribution in [0.4, 0.5) is 0 Å². The van der Waals surface area contributed by atoms with Crippen molar-refractivity contribution in [2.24, 2.45) is 0 Å². The van der Waals surface area contributed by atoms with E-state index in [1.165, 1.54) is 40.4 Å². The van der Waals surface area contributed by atoms with Crippen LogP contribution in [0.25, 0.3) is 10.4 Å². The summed E-state index contributed by atoms with van der Waals surface area (Å²) >= 11 is 1.37. The zero-order valence-electron chi connectivity index (χ0n) is 22.1. The summed E-state index contributed by atoms with van der Waals surface area (Å²) in [5, 5.41) is 0. The largest absolute Gasteiger partial charge is 0.460 e. The van der Waals surface area contributed by atoms with Gasteiger partial charge in [-0.2, -0.15) is 0 Å². The molecule has 4 rings (SSSR count). The molecule has 0 saturated carbocycles. The van der Waals surface area contributed by atoms with Crippen LogP contribution in [0.3, 0.4) is 0 Å². The highest BCUT2D eigenvalue weighted by molar-refractivity contribution is 7.92. The van der Waals surface area contributed by atoms with E-state index >= 15 is 0 Å². The first-order chi connectivity index (χ1) is 17.9. The van der Waals surface area contributed by atoms with Crippen molar-refractivity contribution < 1.29 is 22.7 Å². The second-order valence-electron chi connectivity index (χ2n) is 10.4. The Hall–Kier alpha value is -3.11. The van der Waals surface area contributed by atoms with Crippen molar-refractivity contribution >= 4 is 33.1 Å². The molecule has 0 aliphatic carbocycles. The lowest BCUT2D eigenvalue weighted by molar-refractivity contribution is -0.155. The van der Waals surface area contributed by atoms with Crippen molar-refractivity contribution in [2.45, 2.75) is 57.3 Å². The van der Waals surface area contributed by atoms with Gasteiger partial charge in [0.15, 0.2) is 9.84 Å². The number of benzene rings is 1. The van der Waals surface area contributed by atoms with Gasteiger partial charge in [0, 0.05) is 35.2 Å².